The second-order valence-corrected chi connectivity index (χ2v) is 8.19. The molecular formula is C21H24BrN5O. The van der Waals surface area contributed by atoms with Crippen LogP contribution in [0.1, 0.15) is 60.7 Å². The molecule has 0 saturated heterocycles. The first kappa shape index (κ1) is 19.1. The molecule has 7 heteroatoms. The van der Waals surface area contributed by atoms with E-state index in [-0.39, 0.29) is 0 Å². The fraction of sp³-hybridized carbons (Fsp3) is 0.429. The van der Waals surface area contributed by atoms with Crippen LogP contribution in [0.2, 0.25) is 0 Å². The van der Waals surface area contributed by atoms with Crippen molar-refractivity contribution < 1.29 is 4.52 Å². The van der Waals surface area contributed by atoms with Crippen LogP contribution in [-0.4, -0.2) is 20.1 Å². The number of hydrogen-bond donors (Lipinski definition) is 1. The summed E-state index contributed by atoms with van der Waals surface area (Å²) in [5, 5.41) is 7.49. The van der Waals surface area contributed by atoms with Crippen LogP contribution in [-0.2, 0) is 6.54 Å². The Balaban J connectivity index is 1.52. The standard InChI is InChI=1S/C21H24BrN5O/c1-13-16(20(28-27-13)19-9-8-17(22)14(2)25-19)12-24-21-23-11-10-18(26-21)15-6-4-3-5-7-15/h8-11,15H,3-7,12H2,1-2H3,(H,23,24,26). The molecule has 0 bridgehead atoms. The Labute approximate surface area is 173 Å². The van der Waals surface area contributed by atoms with Crippen LogP contribution < -0.4 is 5.32 Å². The number of rotatable bonds is 5. The molecule has 1 N–H and O–H groups in total. The molecule has 0 aromatic carbocycles. The normalized spacial score (nSPS) is 15.0. The summed E-state index contributed by atoms with van der Waals surface area (Å²) in [4.78, 5) is 13.8. The fourth-order valence-electron chi connectivity index (χ4n) is 3.72. The molecule has 1 fully saturated rings. The molecule has 0 aliphatic heterocycles. The first-order valence-corrected chi connectivity index (χ1v) is 10.6. The zero-order valence-corrected chi connectivity index (χ0v) is 17.8. The van der Waals surface area contributed by atoms with Crippen molar-refractivity contribution in [2.75, 3.05) is 5.32 Å². The number of anilines is 1. The average molecular weight is 442 g/mol. The Bertz CT molecular complexity index is 965. The lowest BCUT2D eigenvalue weighted by Gasteiger charge is -2.21. The van der Waals surface area contributed by atoms with Gasteiger partial charge in [0.25, 0.3) is 0 Å². The van der Waals surface area contributed by atoms with Gasteiger partial charge in [-0.2, -0.15) is 0 Å². The third kappa shape index (κ3) is 4.09. The van der Waals surface area contributed by atoms with Gasteiger partial charge in [-0.3, -0.25) is 0 Å². The van der Waals surface area contributed by atoms with E-state index >= 15 is 0 Å². The summed E-state index contributed by atoms with van der Waals surface area (Å²) >= 11 is 3.49. The summed E-state index contributed by atoms with van der Waals surface area (Å²) in [5.41, 5.74) is 4.64. The molecule has 28 heavy (non-hydrogen) atoms. The number of halogens is 1. The van der Waals surface area contributed by atoms with Gasteiger partial charge in [-0.25, -0.2) is 15.0 Å². The molecule has 6 nitrogen and oxygen atoms in total. The Kier molecular flexibility index (Phi) is 5.71. The number of aryl methyl sites for hydroxylation is 2. The van der Waals surface area contributed by atoms with Crippen molar-refractivity contribution in [3.8, 4) is 11.5 Å². The predicted molar refractivity (Wildman–Crippen MR) is 112 cm³/mol. The van der Waals surface area contributed by atoms with Gasteiger partial charge in [-0.15, -0.1) is 0 Å². The fourth-order valence-corrected chi connectivity index (χ4v) is 3.94. The summed E-state index contributed by atoms with van der Waals surface area (Å²) < 4.78 is 6.55. The lowest BCUT2D eigenvalue weighted by molar-refractivity contribution is 0.425. The van der Waals surface area contributed by atoms with Gasteiger partial charge in [0.15, 0.2) is 5.76 Å². The van der Waals surface area contributed by atoms with Crippen LogP contribution >= 0.6 is 15.9 Å². The number of nitrogens with one attached hydrogen (secondary N) is 1. The van der Waals surface area contributed by atoms with Crippen LogP contribution in [0.5, 0.6) is 0 Å². The van der Waals surface area contributed by atoms with Crippen molar-refractivity contribution in [2.24, 2.45) is 0 Å². The van der Waals surface area contributed by atoms with Crippen molar-refractivity contribution in [1.82, 2.24) is 20.1 Å². The predicted octanol–water partition coefficient (Wildman–Crippen LogP) is 5.57. The van der Waals surface area contributed by atoms with Gasteiger partial charge in [0, 0.05) is 34.4 Å². The molecule has 1 saturated carbocycles. The minimum absolute atomic E-state index is 0.537. The zero-order valence-electron chi connectivity index (χ0n) is 16.2. The van der Waals surface area contributed by atoms with E-state index in [9.17, 15) is 0 Å². The minimum Gasteiger partial charge on any atom is -0.354 e. The topological polar surface area (TPSA) is 76.7 Å². The second kappa shape index (κ2) is 8.39. The molecule has 3 aromatic heterocycles. The zero-order chi connectivity index (χ0) is 19.5. The van der Waals surface area contributed by atoms with Crippen molar-refractivity contribution in [2.45, 2.75) is 58.4 Å². The van der Waals surface area contributed by atoms with Gasteiger partial charge in [0.05, 0.1) is 11.4 Å². The van der Waals surface area contributed by atoms with Crippen molar-refractivity contribution in [1.29, 1.82) is 0 Å². The average Bonchev–Trinajstić information content (AvgIpc) is 3.10. The molecule has 1 aliphatic carbocycles. The van der Waals surface area contributed by atoms with E-state index in [1.165, 1.54) is 32.1 Å². The Morgan fingerprint density at radius 1 is 1.07 bits per heavy atom. The summed E-state index contributed by atoms with van der Waals surface area (Å²) in [7, 11) is 0. The Morgan fingerprint density at radius 3 is 2.68 bits per heavy atom. The van der Waals surface area contributed by atoms with E-state index in [4.69, 9.17) is 9.51 Å². The quantitative estimate of drug-likeness (QED) is 0.557. The highest BCUT2D eigenvalue weighted by Crippen LogP contribution is 2.32. The van der Waals surface area contributed by atoms with Gasteiger partial charge < -0.3 is 9.84 Å². The lowest BCUT2D eigenvalue weighted by atomic mass is 9.87. The molecule has 4 rings (SSSR count). The summed E-state index contributed by atoms with van der Waals surface area (Å²) in [6, 6.07) is 5.95. The summed E-state index contributed by atoms with van der Waals surface area (Å²) in [6.45, 7) is 4.43. The van der Waals surface area contributed by atoms with Gasteiger partial charge in [0.1, 0.15) is 5.69 Å². The van der Waals surface area contributed by atoms with Gasteiger partial charge in [-0.05, 0) is 60.8 Å². The molecule has 146 valence electrons. The van der Waals surface area contributed by atoms with Crippen LogP contribution in [0.25, 0.3) is 11.5 Å². The first-order chi connectivity index (χ1) is 13.6. The summed E-state index contributed by atoms with van der Waals surface area (Å²) in [6.07, 6.45) is 8.21. The highest BCUT2D eigenvalue weighted by Gasteiger charge is 2.19. The molecule has 0 unspecified atom stereocenters. The SMILES string of the molecule is Cc1nc(-c2onc(C)c2CNc2nccc(C3CCCCC3)n2)ccc1Br. The maximum Gasteiger partial charge on any atom is 0.223 e. The summed E-state index contributed by atoms with van der Waals surface area (Å²) in [5.74, 6) is 1.89. The van der Waals surface area contributed by atoms with E-state index in [0.717, 1.165) is 32.8 Å². The number of pyridine rings is 1. The third-order valence-corrected chi connectivity index (χ3v) is 6.20. The van der Waals surface area contributed by atoms with Crippen LogP contribution in [0.3, 0.4) is 0 Å². The number of hydrogen-bond acceptors (Lipinski definition) is 6. The van der Waals surface area contributed by atoms with Crippen LogP contribution in [0, 0.1) is 13.8 Å². The monoisotopic (exact) mass is 441 g/mol. The van der Waals surface area contributed by atoms with Crippen molar-refractivity contribution in [3.05, 3.63) is 51.5 Å². The molecule has 3 heterocycles. The van der Waals surface area contributed by atoms with Crippen molar-refractivity contribution in [3.63, 3.8) is 0 Å². The molecule has 3 aromatic rings. The Hall–Kier alpha value is -2.28. The molecular weight excluding hydrogens is 418 g/mol. The molecule has 0 amide bonds. The number of aromatic nitrogens is 4. The Morgan fingerprint density at radius 2 is 1.89 bits per heavy atom. The van der Waals surface area contributed by atoms with Gasteiger partial charge in [-0.1, -0.05) is 24.4 Å². The second-order valence-electron chi connectivity index (χ2n) is 7.33. The van der Waals surface area contributed by atoms with Crippen LogP contribution in [0.15, 0.2) is 33.4 Å². The largest absolute Gasteiger partial charge is 0.354 e. The van der Waals surface area contributed by atoms with E-state index in [2.05, 4.69) is 36.4 Å². The minimum atomic E-state index is 0.537. The highest BCUT2D eigenvalue weighted by atomic mass is 79.9. The van der Waals surface area contributed by atoms with Gasteiger partial charge >= 0.3 is 0 Å². The third-order valence-electron chi connectivity index (χ3n) is 5.36. The van der Waals surface area contributed by atoms with E-state index in [1.54, 1.807) is 0 Å². The lowest BCUT2D eigenvalue weighted by Crippen LogP contribution is -2.10. The van der Waals surface area contributed by atoms with E-state index in [0.29, 0.717) is 24.2 Å². The molecule has 0 spiro atoms. The number of nitrogens with zero attached hydrogens (tertiary/aromatic N) is 4. The maximum absolute atomic E-state index is 5.58. The molecule has 1 aliphatic rings. The highest BCUT2D eigenvalue weighted by molar-refractivity contribution is 9.10. The van der Waals surface area contributed by atoms with E-state index < -0.39 is 0 Å². The van der Waals surface area contributed by atoms with Crippen LogP contribution in [0.4, 0.5) is 5.95 Å². The smallest absolute Gasteiger partial charge is 0.223 e. The van der Waals surface area contributed by atoms with Crippen molar-refractivity contribution >= 4 is 21.9 Å². The molecule has 0 radical (unpaired) electrons. The van der Waals surface area contributed by atoms with E-state index in [1.807, 2.05) is 38.2 Å². The first-order valence-electron chi connectivity index (χ1n) is 9.77. The molecule has 0 atom stereocenters. The van der Waals surface area contributed by atoms with Gasteiger partial charge in [0.2, 0.25) is 5.95 Å². The maximum atomic E-state index is 5.58.